The van der Waals surface area contributed by atoms with E-state index in [1.165, 1.54) is 77.5 Å². The molecule has 6 heteroatoms. The molecule has 0 aromatic carbocycles. The molecular weight excluding hydrogens is 348 g/mol. The molecule has 0 aliphatic carbocycles. The molecule has 0 amide bonds. The molecule has 0 aromatic rings. The minimum atomic E-state index is 1.23. The van der Waals surface area contributed by atoms with Crippen molar-refractivity contribution in [1.82, 2.24) is 8.61 Å². The van der Waals surface area contributed by atoms with Crippen LogP contribution in [0.4, 0.5) is 0 Å². The molecule has 134 valence electrons. The van der Waals surface area contributed by atoms with E-state index in [1.807, 2.05) is 41.6 Å². The molecule has 0 bridgehead atoms. The Morgan fingerprint density at radius 3 is 1.00 bits per heavy atom. The van der Waals surface area contributed by atoms with Gasteiger partial charge in [-0.3, -0.25) is 0 Å². The van der Waals surface area contributed by atoms with Crippen molar-refractivity contribution in [2.45, 2.75) is 79.1 Å². The van der Waals surface area contributed by atoms with E-state index in [2.05, 4.69) is 36.3 Å². The highest BCUT2D eigenvalue weighted by Gasteiger charge is 2.09. The van der Waals surface area contributed by atoms with Gasteiger partial charge in [-0.2, -0.15) is 0 Å². The lowest BCUT2D eigenvalue weighted by Gasteiger charge is -2.21. The van der Waals surface area contributed by atoms with Crippen LogP contribution in [0.15, 0.2) is 0 Å². The standard InChI is InChI=1S/C16H36N2S4/c1-5-9-13-17(14-10-6-2)19-21-22-20-18(15-11-7-3)16-12-8-4/h5-16H2,1-4H3. The summed E-state index contributed by atoms with van der Waals surface area (Å²) in [5.74, 6) is 0. The topological polar surface area (TPSA) is 6.48 Å². The number of hydrogen-bond donors (Lipinski definition) is 0. The van der Waals surface area contributed by atoms with E-state index in [0.717, 1.165) is 0 Å². The van der Waals surface area contributed by atoms with Crippen LogP contribution in [-0.2, 0) is 0 Å². The fourth-order valence-electron chi connectivity index (χ4n) is 1.82. The minimum Gasteiger partial charge on any atom is -0.241 e. The van der Waals surface area contributed by atoms with Crippen LogP contribution in [0.2, 0.25) is 0 Å². The van der Waals surface area contributed by atoms with E-state index in [9.17, 15) is 0 Å². The van der Waals surface area contributed by atoms with Gasteiger partial charge in [0.2, 0.25) is 0 Å². The zero-order valence-corrected chi connectivity index (χ0v) is 18.3. The van der Waals surface area contributed by atoms with Crippen molar-refractivity contribution in [3.63, 3.8) is 0 Å². The van der Waals surface area contributed by atoms with Gasteiger partial charge < -0.3 is 0 Å². The van der Waals surface area contributed by atoms with Gasteiger partial charge >= 0.3 is 0 Å². The first-order valence-electron chi connectivity index (χ1n) is 8.96. The molecule has 0 saturated heterocycles. The third-order valence-electron chi connectivity index (χ3n) is 3.34. The molecular formula is C16H36N2S4. The Balaban J connectivity index is 3.88. The molecule has 0 atom stereocenters. The van der Waals surface area contributed by atoms with Crippen LogP contribution in [0, 0.1) is 0 Å². The van der Waals surface area contributed by atoms with Crippen LogP contribution >= 0.6 is 41.6 Å². The molecule has 0 radical (unpaired) electrons. The van der Waals surface area contributed by atoms with E-state index in [4.69, 9.17) is 0 Å². The second-order valence-corrected chi connectivity index (χ2v) is 11.3. The normalized spacial score (nSPS) is 11.7. The molecule has 22 heavy (non-hydrogen) atoms. The van der Waals surface area contributed by atoms with Gasteiger partial charge in [-0.05, 0) is 25.7 Å². The number of nitrogens with zero attached hydrogens (tertiary/aromatic N) is 2. The monoisotopic (exact) mass is 384 g/mol. The minimum absolute atomic E-state index is 1.23. The van der Waals surface area contributed by atoms with E-state index in [-0.39, 0.29) is 0 Å². The lowest BCUT2D eigenvalue weighted by molar-refractivity contribution is 0.448. The van der Waals surface area contributed by atoms with Crippen LogP contribution in [0.5, 0.6) is 0 Å². The van der Waals surface area contributed by atoms with Crippen molar-refractivity contribution in [2.75, 3.05) is 26.2 Å². The molecule has 0 heterocycles. The summed E-state index contributed by atoms with van der Waals surface area (Å²) >= 11 is 0. The van der Waals surface area contributed by atoms with Gasteiger partial charge in [0.15, 0.2) is 0 Å². The van der Waals surface area contributed by atoms with Gasteiger partial charge in [-0.15, -0.1) is 0 Å². The smallest absolute Gasteiger partial charge is 0.00974 e. The molecule has 0 rings (SSSR count). The predicted octanol–water partition coefficient (Wildman–Crippen LogP) is 7.30. The summed E-state index contributed by atoms with van der Waals surface area (Å²) in [6.45, 7) is 14.0. The van der Waals surface area contributed by atoms with Crippen molar-refractivity contribution in [3.8, 4) is 0 Å². The Morgan fingerprint density at radius 1 is 0.500 bits per heavy atom. The molecule has 0 N–H and O–H groups in total. The summed E-state index contributed by atoms with van der Waals surface area (Å²) in [7, 11) is 7.79. The Labute approximate surface area is 155 Å². The van der Waals surface area contributed by atoms with Crippen LogP contribution in [0.1, 0.15) is 79.1 Å². The first-order chi connectivity index (χ1) is 10.8. The fraction of sp³-hybridized carbons (Fsp3) is 1.00. The first kappa shape index (κ1) is 23.3. The summed E-state index contributed by atoms with van der Waals surface area (Å²) in [4.78, 5) is 0. The maximum atomic E-state index is 2.55. The number of hydrogen-bond acceptors (Lipinski definition) is 6. The second-order valence-electron chi connectivity index (χ2n) is 5.56. The maximum Gasteiger partial charge on any atom is 0.00974 e. The molecule has 0 fully saturated rings. The van der Waals surface area contributed by atoms with Gasteiger partial charge in [0.05, 0.1) is 0 Å². The first-order valence-corrected chi connectivity index (χ1v) is 13.7. The third-order valence-corrected chi connectivity index (χ3v) is 9.57. The SMILES string of the molecule is CCCCN(CCCC)SSSSN(CCCC)CCCC. The third kappa shape index (κ3) is 14.9. The molecule has 0 aliphatic heterocycles. The molecule has 0 aliphatic rings. The van der Waals surface area contributed by atoms with E-state index in [0.29, 0.717) is 0 Å². The molecule has 0 unspecified atom stereocenters. The predicted molar refractivity (Wildman–Crippen MR) is 113 cm³/mol. The maximum absolute atomic E-state index is 2.55. The average Bonchev–Trinajstić information content (AvgIpc) is 2.54. The zero-order chi connectivity index (χ0) is 16.5. The molecule has 2 nitrogen and oxygen atoms in total. The molecule has 0 aromatic heterocycles. The summed E-state index contributed by atoms with van der Waals surface area (Å²) in [6, 6.07) is 0. The van der Waals surface area contributed by atoms with Crippen LogP contribution in [-0.4, -0.2) is 34.8 Å². The van der Waals surface area contributed by atoms with Gasteiger partial charge in [-0.1, -0.05) is 53.4 Å². The summed E-state index contributed by atoms with van der Waals surface area (Å²) in [5.41, 5.74) is 0. The number of rotatable bonds is 17. The Morgan fingerprint density at radius 2 is 0.773 bits per heavy atom. The highest BCUT2D eigenvalue weighted by Crippen LogP contribution is 2.46. The summed E-state index contributed by atoms with van der Waals surface area (Å²) in [6.07, 6.45) is 10.4. The quantitative estimate of drug-likeness (QED) is 0.146. The lowest BCUT2D eigenvalue weighted by atomic mass is 10.3. The Kier molecular flexibility index (Phi) is 19.8. The van der Waals surface area contributed by atoms with Crippen molar-refractivity contribution >= 4 is 41.6 Å². The van der Waals surface area contributed by atoms with Gasteiger partial charge in [0.1, 0.15) is 0 Å². The Hall–Kier alpha value is 1.32. The summed E-state index contributed by atoms with van der Waals surface area (Å²) < 4.78 is 5.10. The average molecular weight is 385 g/mol. The van der Waals surface area contributed by atoms with Gasteiger partial charge in [-0.25, -0.2) is 8.61 Å². The van der Waals surface area contributed by atoms with Crippen molar-refractivity contribution in [1.29, 1.82) is 0 Å². The van der Waals surface area contributed by atoms with Crippen molar-refractivity contribution in [3.05, 3.63) is 0 Å². The van der Waals surface area contributed by atoms with Crippen molar-refractivity contribution < 1.29 is 0 Å². The van der Waals surface area contributed by atoms with E-state index >= 15 is 0 Å². The fourth-order valence-corrected chi connectivity index (χ4v) is 7.76. The Bertz CT molecular complexity index is 182. The van der Waals surface area contributed by atoms with E-state index in [1.54, 1.807) is 0 Å². The van der Waals surface area contributed by atoms with Gasteiger partial charge in [0, 0.05) is 67.8 Å². The van der Waals surface area contributed by atoms with Crippen LogP contribution < -0.4 is 0 Å². The van der Waals surface area contributed by atoms with E-state index < -0.39 is 0 Å². The summed E-state index contributed by atoms with van der Waals surface area (Å²) in [5, 5.41) is 0. The largest absolute Gasteiger partial charge is 0.241 e. The number of unbranched alkanes of at least 4 members (excludes halogenated alkanes) is 4. The van der Waals surface area contributed by atoms with Crippen LogP contribution in [0.3, 0.4) is 0 Å². The van der Waals surface area contributed by atoms with Crippen molar-refractivity contribution in [2.24, 2.45) is 0 Å². The highest BCUT2D eigenvalue weighted by molar-refractivity contribution is 9.25. The lowest BCUT2D eigenvalue weighted by Crippen LogP contribution is -2.17. The second kappa shape index (κ2) is 18.7. The van der Waals surface area contributed by atoms with Crippen LogP contribution in [0.25, 0.3) is 0 Å². The highest BCUT2D eigenvalue weighted by atomic mass is 33.7. The molecule has 0 spiro atoms. The zero-order valence-electron chi connectivity index (χ0n) is 15.0. The molecule has 0 saturated carbocycles. The van der Waals surface area contributed by atoms with Gasteiger partial charge in [0.25, 0.3) is 0 Å².